The number of rotatable bonds is 4. The van der Waals surface area contributed by atoms with Crippen molar-refractivity contribution >= 4 is 11.9 Å². The highest BCUT2D eigenvalue weighted by Gasteiger charge is 2.65. The Labute approximate surface area is 170 Å². The van der Waals surface area contributed by atoms with Crippen LogP contribution >= 0.6 is 0 Å². The maximum atomic E-state index is 12.8. The molecule has 2 aromatic carbocycles. The van der Waals surface area contributed by atoms with Crippen LogP contribution < -0.4 is 4.74 Å². The minimum Gasteiger partial charge on any atom is -0.489 e. The van der Waals surface area contributed by atoms with Crippen LogP contribution in [0.3, 0.4) is 0 Å². The summed E-state index contributed by atoms with van der Waals surface area (Å²) in [4.78, 5) is 26.8. The van der Waals surface area contributed by atoms with Crippen molar-refractivity contribution in [3.05, 3.63) is 65.2 Å². The molecule has 1 amide bonds. The average molecular weight is 391 g/mol. The van der Waals surface area contributed by atoms with Gasteiger partial charge in [0, 0.05) is 18.9 Å². The molecule has 2 heterocycles. The fourth-order valence-corrected chi connectivity index (χ4v) is 6.02. The Hall–Kier alpha value is -2.82. The van der Waals surface area contributed by atoms with Crippen molar-refractivity contribution in [2.45, 2.75) is 38.3 Å². The predicted molar refractivity (Wildman–Crippen MR) is 107 cm³/mol. The first kappa shape index (κ1) is 18.2. The number of aliphatic carboxylic acids is 1. The zero-order valence-electron chi connectivity index (χ0n) is 16.5. The second-order valence-corrected chi connectivity index (χ2v) is 8.67. The van der Waals surface area contributed by atoms with E-state index in [9.17, 15) is 14.7 Å². The lowest BCUT2D eigenvalue weighted by Gasteiger charge is -2.44. The molecule has 0 bridgehead atoms. The number of ether oxygens (including phenoxy) is 1. The Morgan fingerprint density at radius 1 is 1.24 bits per heavy atom. The molecule has 0 unspecified atom stereocenters. The summed E-state index contributed by atoms with van der Waals surface area (Å²) >= 11 is 0. The van der Waals surface area contributed by atoms with Crippen molar-refractivity contribution in [3.8, 4) is 5.75 Å². The number of carbonyl (C=O) groups is 2. The van der Waals surface area contributed by atoms with Crippen molar-refractivity contribution in [2.75, 3.05) is 6.54 Å². The van der Waals surface area contributed by atoms with E-state index in [4.69, 9.17) is 4.74 Å². The Bertz CT molecular complexity index is 972. The van der Waals surface area contributed by atoms with Gasteiger partial charge in [0.2, 0.25) is 5.91 Å². The number of nitrogens with zero attached hydrogens (tertiary/aromatic N) is 1. The number of amides is 1. The Balaban J connectivity index is 1.53. The number of carboxylic acid groups (broad SMARTS) is 1. The molecular weight excluding hydrogens is 366 g/mol. The lowest BCUT2D eigenvalue weighted by molar-refractivity contribution is -0.144. The molecule has 4 atom stereocenters. The molecule has 0 aromatic heterocycles. The quantitative estimate of drug-likeness (QED) is 0.865. The third kappa shape index (κ3) is 2.67. The van der Waals surface area contributed by atoms with Crippen LogP contribution in [0.25, 0.3) is 0 Å². The van der Waals surface area contributed by atoms with E-state index in [1.165, 1.54) is 5.56 Å². The number of benzene rings is 2. The van der Waals surface area contributed by atoms with E-state index in [1.54, 1.807) is 0 Å². The van der Waals surface area contributed by atoms with Crippen LogP contribution in [-0.2, 0) is 28.2 Å². The van der Waals surface area contributed by atoms with E-state index in [-0.39, 0.29) is 17.7 Å². The van der Waals surface area contributed by atoms with Crippen molar-refractivity contribution in [1.82, 2.24) is 4.90 Å². The number of fused-ring (bicyclic) bond motifs is 1. The number of hydrogen-bond donors (Lipinski definition) is 1. The third-order valence-corrected chi connectivity index (χ3v) is 7.16. The van der Waals surface area contributed by atoms with Gasteiger partial charge in [0.05, 0.1) is 11.5 Å². The molecule has 1 saturated heterocycles. The first-order chi connectivity index (χ1) is 14.0. The largest absolute Gasteiger partial charge is 0.489 e. The maximum absolute atomic E-state index is 12.8. The minimum atomic E-state index is -0.780. The highest BCUT2D eigenvalue weighted by atomic mass is 16.5. The minimum absolute atomic E-state index is 0.0351. The molecule has 5 nitrogen and oxygen atoms in total. The molecule has 3 aliphatic rings. The third-order valence-electron chi connectivity index (χ3n) is 7.16. The molecule has 1 saturated carbocycles. The van der Waals surface area contributed by atoms with Crippen LogP contribution in [0.4, 0.5) is 0 Å². The van der Waals surface area contributed by atoms with E-state index < -0.39 is 17.4 Å². The normalized spacial score (nSPS) is 29.9. The molecule has 1 spiro atoms. The second kappa shape index (κ2) is 6.61. The Kier molecular flexibility index (Phi) is 4.16. The van der Waals surface area contributed by atoms with E-state index in [2.05, 4.69) is 12.1 Å². The molecule has 5 heteroatoms. The second-order valence-electron chi connectivity index (χ2n) is 8.67. The molecule has 29 heavy (non-hydrogen) atoms. The number of hydrogen-bond acceptors (Lipinski definition) is 3. The zero-order valence-corrected chi connectivity index (χ0v) is 16.5. The topological polar surface area (TPSA) is 66.8 Å². The van der Waals surface area contributed by atoms with Crippen LogP contribution in [0.2, 0.25) is 0 Å². The van der Waals surface area contributed by atoms with Gasteiger partial charge in [0.15, 0.2) is 0 Å². The molecule has 1 N–H and O–H groups in total. The summed E-state index contributed by atoms with van der Waals surface area (Å²) in [5, 5.41) is 9.86. The molecule has 1 aliphatic carbocycles. The fraction of sp³-hybridized carbons (Fsp3) is 0.417. The highest BCUT2D eigenvalue weighted by molar-refractivity contribution is 5.84. The van der Waals surface area contributed by atoms with Gasteiger partial charge in [-0.15, -0.1) is 0 Å². The van der Waals surface area contributed by atoms with Crippen molar-refractivity contribution in [3.63, 3.8) is 0 Å². The van der Waals surface area contributed by atoms with E-state index in [0.717, 1.165) is 23.3 Å². The molecule has 0 radical (unpaired) electrons. The van der Waals surface area contributed by atoms with Crippen LogP contribution in [0, 0.1) is 17.8 Å². The van der Waals surface area contributed by atoms with Gasteiger partial charge in [-0.3, -0.25) is 9.59 Å². The Morgan fingerprint density at radius 3 is 2.79 bits per heavy atom. The van der Waals surface area contributed by atoms with Gasteiger partial charge >= 0.3 is 5.97 Å². The van der Waals surface area contributed by atoms with Gasteiger partial charge in [-0.25, -0.2) is 0 Å². The van der Waals surface area contributed by atoms with E-state index >= 15 is 0 Å². The molecule has 2 aromatic rings. The lowest BCUT2D eigenvalue weighted by Crippen LogP contribution is -2.49. The number of carboxylic acids is 1. The van der Waals surface area contributed by atoms with Crippen LogP contribution in [-0.4, -0.2) is 28.4 Å². The smallest absolute Gasteiger partial charge is 0.307 e. The molecule has 150 valence electrons. The van der Waals surface area contributed by atoms with Gasteiger partial charge in [-0.1, -0.05) is 43.3 Å². The summed E-state index contributed by atoms with van der Waals surface area (Å²) in [6.07, 6.45) is 1.84. The highest BCUT2D eigenvalue weighted by Crippen LogP contribution is 2.61. The van der Waals surface area contributed by atoms with Crippen LogP contribution in [0.1, 0.15) is 36.5 Å². The average Bonchev–Trinajstić information content (AvgIpc) is 3.15. The summed E-state index contributed by atoms with van der Waals surface area (Å²) in [5.74, 6) is -0.539. The van der Waals surface area contributed by atoms with Gasteiger partial charge in [0.1, 0.15) is 12.4 Å². The van der Waals surface area contributed by atoms with Crippen molar-refractivity contribution in [1.29, 1.82) is 0 Å². The standard InChI is InChI=1S/C24H25NO4/c1-15-13-24-19-11-18(29-14-16-5-3-2-4-6-16)8-7-17(19)9-10-25(24)21(26)12-20(24)22(15)23(27)28/h2-8,11,15,20,22H,9-10,12-14H2,1H3,(H,27,28)/t15-,20-,22+,24-/m0/s1. The number of carbonyl (C=O) groups excluding carboxylic acids is 1. The fourth-order valence-electron chi connectivity index (χ4n) is 6.02. The molecule has 2 fully saturated rings. The van der Waals surface area contributed by atoms with Gasteiger partial charge in [0.25, 0.3) is 0 Å². The monoisotopic (exact) mass is 391 g/mol. The van der Waals surface area contributed by atoms with Gasteiger partial charge in [-0.05, 0) is 47.6 Å². The van der Waals surface area contributed by atoms with E-state index in [1.807, 2.05) is 48.2 Å². The summed E-state index contributed by atoms with van der Waals surface area (Å²) in [7, 11) is 0. The SMILES string of the molecule is C[C@H]1C[C@@]23c4cc(OCc5ccccc5)ccc4CCN2C(=O)C[C@H]3[C@@H]1C(=O)O. The molecular formula is C24H25NO4. The summed E-state index contributed by atoms with van der Waals surface area (Å²) < 4.78 is 6.06. The predicted octanol–water partition coefficient (Wildman–Crippen LogP) is 3.61. The summed E-state index contributed by atoms with van der Waals surface area (Å²) in [5.41, 5.74) is 2.91. The zero-order chi connectivity index (χ0) is 20.2. The van der Waals surface area contributed by atoms with Crippen LogP contribution in [0.15, 0.2) is 48.5 Å². The molecule has 5 rings (SSSR count). The first-order valence-electron chi connectivity index (χ1n) is 10.3. The van der Waals surface area contributed by atoms with Gasteiger partial charge in [-0.2, -0.15) is 0 Å². The van der Waals surface area contributed by atoms with Crippen molar-refractivity contribution in [2.24, 2.45) is 17.8 Å². The Morgan fingerprint density at radius 2 is 2.03 bits per heavy atom. The summed E-state index contributed by atoms with van der Waals surface area (Å²) in [6.45, 7) is 3.16. The first-order valence-corrected chi connectivity index (χ1v) is 10.3. The van der Waals surface area contributed by atoms with Gasteiger partial charge < -0.3 is 14.7 Å². The van der Waals surface area contributed by atoms with Crippen LogP contribution in [0.5, 0.6) is 5.75 Å². The lowest BCUT2D eigenvalue weighted by atomic mass is 9.74. The van der Waals surface area contributed by atoms with E-state index in [0.29, 0.717) is 26.0 Å². The van der Waals surface area contributed by atoms with Crippen molar-refractivity contribution < 1.29 is 19.4 Å². The summed E-state index contributed by atoms with van der Waals surface area (Å²) in [6, 6.07) is 16.2. The maximum Gasteiger partial charge on any atom is 0.307 e. The molecule has 2 aliphatic heterocycles.